The lowest BCUT2D eigenvalue weighted by Gasteiger charge is -2.11. The van der Waals surface area contributed by atoms with E-state index in [9.17, 15) is 8.78 Å². The Morgan fingerprint density at radius 2 is 1.67 bits per heavy atom. The average molecular weight is 292 g/mol. The quantitative estimate of drug-likeness (QED) is 0.723. The van der Waals surface area contributed by atoms with Crippen molar-refractivity contribution in [1.29, 1.82) is 0 Å². The van der Waals surface area contributed by atoms with Crippen molar-refractivity contribution < 1.29 is 18.3 Å². The third-order valence-corrected chi connectivity index (χ3v) is 2.96. The van der Waals surface area contributed by atoms with Gasteiger partial charge in [-0.2, -0.15) is 0 Å². The Labute approximate surface area is 123 Å². The van der Waals surface area contributed by atoms with Crippen molar-refractivity contribution in [2.75, 3.05) is 6.61 Å². The summed E-state index contributed by atoms with van der Waals surface area (Å²) in [6.45, 7) is 1.81. The van der Waals surface area contributed by atoms with Gasteiger partial charge in [0.25, 0.3) is 0 Å². The van der Waals surface area contributed by atoms with Gasteiger partial charge in [-0.15, -0.1) is 0 Å². The highest BCUT2D eigenvalue weighted by Gasteiger charge is 2.14. The largest absolute Gasteiger partial charge is 0.457 e. The van der Waals surface area contributed by atoms with E-state index in [2.05, 4.69) is 0 Å². The van der Waals surface area contributed by atoms with E-state index in [-0.39, 0.29) is 6.61 Å². The highest BCUT2D eigenvalue weighted by molar-refractivity contribution is 5.33. The molecule has 2 nitrogen and oxygen atoms in total. The molecule has 112 valence electrons. The topological polar surface area (TPSA) is 18.5 Å². The Balaban J connectivity index is 1.89. The van der Waals surface area contributed by atoms with E-state index in [1.54, 1.807) is 0 Å². The molecule has 0 fully saturated rings. The molecular weight excluding hydrogens is 274 g/mol. The molecule has 0 bridgehead atoms. The molecule has 1 unspecified atom stereocenters. The van der Waals surface area contributed by atoms with Gasteiger partial charge in [-0.3, -0.25) is 0 Å². The zero-order chi connectivity index (χ0) is 15.1. The summed E-state index contributed by atoms with van der Waals surface area (Å²) in [4.78, 5) is 0. The van der Waals surface area contributed by atoms with E-state index in [0.717, 1.165) is 11.3 Å². The van der Waals surface area contributed by atoms with Crippen molar-refractivity contribution in [3.05, 3.63) is 60.2 Å². The zero-order valence-electron chi connectivity index (χ0n) is 11.8. The van der Waals surface area contributed by atoms with Gasteiger partial charge in [-0.1, -0.05) is 37.3 Å². The van der Waals surface area contributed by atoms with Crippen LogP contribution in [-0.2, 0) is 11.3 Å². The van der Waals surface area contributed by atoms with Gasteiger partial charge in [0.05, 0.1) is 13.2 Å². The lowest BCUT2D eigenvalue weighted by molar-refractivity contribution is 0.0117. The fourth-order valence-electron chi connectivity index (χ4n) is 1.76. The van der Waals surface area contributed by atoms with Gasteiger partial charge in [0.1, 0.15) is 11.5 Å². The Morgan fingerprint density at radius 1 is 0.952 bits per heavy atom. The molecule has 0 aliphatic heterocycles. The number of ether oxygens (including phenoxy) is 2. The van der Waals surface area contributed by atoms with Crippen molar-refractivity contribution in [2.24, 2.45) is 5.92 Å². The number of alkyl halides is 2. The molecule has 0 amide bonds. The first-order chi connectivity index (χ1) is 10.1. The van der Waals surface area contributed by atoms with Crippen LogP contribution in [0.4, 0.5) is 8.78 Å². The fraction of sp³-hybridized carbons (Fsp3) is 0.294. The molecule has 0 saturated carbocycles. The summed E-state index contributed by atoms with van der Waals surface area (Å²) in [7, 11) is 0. The van der Waals surface area contributed by atoms with Crippen LogP contribution in [0.1, 0.15) is 12.5 Å². The first-order valence-corrected chi connectivity index (χ1v) is 6.83. The van der Waals surface area contributed by atoms with Gasteiger partial charge in [-0.25, -0.2) is 8.78 Å². The van der Waals surface area contributed by atoms with Crippen molar-refractivity contribution in [3.63, 3.8) is 0 Å². The van der Waals surface area contributed by atoms with E-state index < -0.39 is 12.3 Å². The predicted octanol–water partition coefficient (Wildman–Crippen LogP) is 4.90. The highest BCUT2D eigenvalue weighted by atomic mass is 19.3. The Kier molecular flexibility index (Phi) is 5.69. The lowest BCUT2D eigenvalue weighted by Crippen LogP contribution is -2.14. The second kappa shape index (κ2) is 7.74. The van der Waals surface area contributed by atoms with Crippen LogP contribution in [0.2, 0.25) is 0 Å². The molecule has 4 heteroatoms. The minimum atomic E-state index is -2.35. The summed E-state index contributed by atoms with van der Waals surface area (Å²) in [5.41, 5.74) is 0.893. The minimum absolute atomic E-state index is 0.0431. The monoisotopic (exact) mass is 292 g/mol. The van der Waals surface area contributed by atoms with Crippen LogP contribution in [0.25, 0.3) is 0 Å². The Bertz CT molecular complexity index is 543. The summed E-state index contributed by atoms with van der Waals surface area (Å²) in [6.07, 6.45) is -2.35. The molecule has 2 aromatic carbocycles. The third-order valence-electron chi connectivity index (χ3n) is 2.96. The average Bonchev–Trinajstić information content (AvgIpc) is 2.48. The van der Waals surface area contributed by atoms with Gasteiger partial charge >= 0.3 is 0 Å². The lowest BCUT2D eigenvalue weighted by atomic mass is 10.2. The minimum Gasteiger partial charge on any atom is -0.457 e. The van der Waals surface area contributed by atoms with Crippen LogP contribution >= 0.6 is 0 Å². The van der Waals surface area contributed by atoms with Crippen LogP contribution in [0, 0.1) is 5.92 Å². The summed E-state index contributed by atoms with van der Waals surface area (Å²) < 4.78 is 35.7. The second-order valence-corrected chi connectivity index (χ2v) is 4.89. The molecule has 0 aliphatic carbocycles. The van der Waals surface area contributed by atoms with Crippen LogP contribution in [-0.4, -0.2) is 13.0 Å². The number of halogens is 2. The third kappa shape index (κ3) is 5.16. The number of hydrogen-bond acceptors (Lipinski definition) is 2. The number of hydrogen-bond donors (Lipinski definition) is 0. The van der Waals surface area contributed by atoms with Gasteiger partial charge in [0.2, 0.25) is 6.43 Å². The van der Waals surface area contributed by atoms with Crippen molar-refractivity contribution in [2.45, 2.75) is 20.0 Å². The van der Waals surface area contributed by atoms with Crippen molar-refractivity contribution in [1.82, 2.24) is 0 Å². The fourth-order valence-corrected chi connectivity index (χ4v) is 1.76. The summed E-state index contributed by atoms with van der Waals surface area (Å²) in [5, 5.41) is 0. The Morgan fingerprint density at radius 3 is 2.38 bits per heavy atom. The van der Waals surface area contributed by atoms with Crippen LogP contribution in [0.5, 0.6) is 11.5 Å². The molecule has 21 heavy (non-hydrogen) atoms. The van der Waals surface area contributed by atoms with E-state index in [1.807, 2.05) is 54.6 Å². The van der Waals surface area contributed by atoms with Gasteiger partial charge < -0.3 is 9.47 Å². The van der Waals surface area contributed by atoms with E-state index in [0.29, 0.717) is 12.4 Å². The summed E-state index contributed by atoms with van der Waals surface area (Å²) >= 11 is 0. The molecular formula is C17H18F2O2. The molecule has 0 heterocycles. The molecule has 0 aromatic heterocycles. The molecule has 0 saturated heterocycles. The predicted molar refractivity (Wildman–Crippen MR) is 77.8 cm³/mol. The molecule has 0 radical (unpaired) electrons. The van der Waals surface area contributed by atoms with Crippen molar-refractivity contribution in [3.8, 4) is 11.5 Å². The van der Waals surface area contributed by atoms with E-state index >= 15 is 0 Å². The number of benzene rings is 2. The van der Waals surface area contributed by atoms with Crippen molar-refractivity contribution >= 4 is 0 Å². The maximum atomic E-state index is 12.4. The highest BCUT2D eigenvalue weighted by Crippen LogP contribution is 2.22. The number of rotatable bonds is 7. The smallest absolute Gasteiger partial charge is 0.243 e. The zero-order valence-corrected chi connectivity index (χ0v) is 11.8. The maximum absolute atomic E-state index is 12.4. The molecule has 0 N–H and O–H groups in total. The standard InChI is InChI=1S/C17H18F2O2/c1-13(17(18)19)11-20-12-14-6-5-9-16(10-14)21-15-7-3-2-4-8-15/h2-10,13,17H,11-12H2,1H3. The SMILES string of the molecule is CC(COCc1cccc(Oc2ccccc2)c1)C(F)F. The number of para-hydroxylation sites is 1. The maximum Gasteiger partial charge on any atom is 0.243 e. The van der Waals surface area contributed by atoms with Gasteiger partial charge in [-0.05, 0) is 29.8 Å². The summed E-state index contributed by atoms with van der Waals surface area (Å²) in [6, 6.07) is 16.9. The van der Waals surface area contributed by atoms with Gasteiger partial charge in [0, 0.05) is 5.92 Å². The Hall–Kier alpha value is -1.94. The molecule has 0 aliphatic rings. The summed E-state index contributed by atoms with van der Waals surface area (Å²) in [5.74, 6) is 0.694. The molecule has 2 rings (SSSR count). The normalized spacial score (nSPS) is 12.4. The first kappa shape index (κ1) is 15.4. The molecule has 2 aromatic rings. The van der Waals surface area contributed by atoms with Crippen LogP contribution < -0.4 is 4.74 Å². The molecule has 0 spiro atoms. The van der Waals surface area contributed by atoms with Crippen LogP contribution in [0.15, 0.2) is 54.6 Å². The first-order valence-electron chi connectivity index (χ1n) is 6.83. The van der Waals surface area contributed by atoms with E-state index in [4.69, 9.17) is 9.47 Å². The molecule has 1 atom stereocenters. The van der Waals surface area contributed by atoms with Gasteiger partial charge in [0.15, 0.2) is 0 Å². The second-order valence-electron chi connectivity index (χ2n) is 4.89. The van der Waals surface area contributed by atoms with E-state index in [1.165, 1.54) is 6.92 Å². The van der Waals surface area contributed by atoms with Crippen LogP contribution in [0.3, 0.4) is 0 Å².